The molecule has 0 aromatic heterocycles. The highest BCUT2D eigenvalue weighted by Gasteiger charge is 2.51. The Morgan fingerprint density at radius 1 is 0.947 bits per heavy atom. The molecule has 6 amide bonds. The van der Waals surface area contributed by atoms with E-state index in [0.717, 1.165) is 5.69 Å². The molecule has 0 bridgehead atoms. The first-order chi connectivity index (χ1) is 18.0. The Hall–Kier alpha value is -3.83. The first kappa shape index (κ1) is 27.2. The quantitative estimate of drug-likeness (QED) is 0.550. The Morgan fingerprint density at radius 2 is 1.61 bits per heavy atom. The van der Waals surface area contributed by atoms with Crippen molar-refractivity contribution >= 4 is 35.7 Å². The normalized spacial score (nSPS) is 20.4. The standard InChI is InChI=1S/C26H35N5O7/c1-5-29(19-9-7-6-8-10-19)21(32)18-11-13-27(14-12-18)25(36)38-31-22(33)20-17-28(15-16-30(20)23(31)34)24(35)37-26(2,3)4/h6-10,18,20H,5,11-17H2,1-4H3. The van der Waals surface area contributed by atoms with E-state index in [1.165, 1.54) is 14.7 Å². The SMILES string of the molecule is CCN(C(=O)C1CCN(C(=O)ON2C(=O)C3CN(C(=O)OC(C)(C)C)CCN3C2=O)CC1)c1ccccc1. The third-order valence-corrected chi connectivity index (χ3v) is 6.86. The fraction of sp³-hybridized carbons (Fsp3) is 0.577. The van der Waals surface area contributed by atoms with Gasteiger partial charge >= 0.3 is 18.2 Å². The van der Waals surface area contributed by atoms with Gasteiger partial charge in [-0.1, -0.05) is 23.3 Å². The number of imide groups is 1. The van der Waals surface area contributed by atoms with Gasteiger partial charge in [0, 0.05) is 44.3 Å². The fourth-order valence-corrected chi connectivity index (χ4v) is 4.88. The number of amides is 6. The number of carbonyl (C=O) groups is 5. The van der Waals surface area contributed by atoms with Gasteiger partial charge in [0.2, 0.25) is 5.91 Å². The summed E-state index contributed by atoms with van der Waals surface area (Å²) in [5.74, 6) is -0.951. The molecule has 3 heterocycles. The van der Waals surface area contributed by atoms with Crippen LogP contribution in [0.15, 0.2) is 30.3 Å². The molecule has 4 rings (SSSR count). The van der Waals surface area contributed by atoms with Gasteiger partial charge in [-0.3, -0.25) is 9.59 Å². The number of hydroxylamine groups is 2. The average molecular weight is 530 g/mol. The van der Waals surface area contributed by atoms with Gasteiger partial charge in [0.05, 0.1) is 6.54 Å². The molecule has 38 heavy (non-hydrogen) atoms. The molecule has 0 spiro atoms. The number of carbonyl (C=O) groups excluding carboxylic acids is 5. The fourth-order valence-electron chi connectivity index (χ4n) is 4.88. The lowest BCUT2D eigenvalue weighted by atomic mass is 9.95. The van der Waals surface area contributed by atoms with E-state index in [1.807, 2.05) is 37.3 Å². The molecule has 1 atom stereocenters. The van der Waals surface area contributed by atoms with Gasteiger partial charge in [0.25, 0.3) is 5.91 Å². The Morgan fingerprint density at radius 3 is 2.21 bits per heavy atom. The summed E-state index contributed by atoms with van der Waals surface area (Å²) in [5.41, 5.74) is 0.134. The molecule has 12 heteroatoms. The first-order valence-corrected chi connectivity index (χ1v) is 13.0. The van der Waals surface area contributed by atoms with E-state index in [9.17, 15) is 24.0 Å². The van der Waals surface area contributed by atoms with Crippen LogP contribution in [0.1, 0.15) is 40.5 Å². The number of urea groups is 1. The van der Waals surface area contributed by atoms with E-state index in [2.05, 4.69) is 0 Å². The van der Waals surface area contributed by atoms with Crippen LogP contribution in [0.4, 0.5) is 20.1 Å². The second-order valence-electron chi connectivity index (χ2n) is 10.6. The number of benzene rings is 1. The molecule has 0 saturated carbocycles. The van der Waals surface area contributed by atoms with Gasteiger partial charge in [0.1, 0.15) is 11.6 Å². The van der Waals surface area contributed by atoms with Crippen molar-refractivity contribution < 1.29 is 33.5 Å². The molecule has 1 aromatic carbocycles. The van der Waals surface area contributed by atoms with Crippen molar-refractivity contribution in [3.8, 4) is 0 Å². The molecule has 3 fully saturated rings. The number of para-hydroxylation sites is 1. The maximum Gasteiger partial charge on any atom is 0.434 e. The summed E-state index contributed by atoms with van der Waals surface area (Å²) in [6.07, 6.45) is -0.506. The molecule has 0 aliphatic carbocycles. The largest absolute Gasteiger partial charge is 0.444 e. The lowest BCUT2D eigenvalue weighted by Gasteiger charge is -2.35. The molecule has 12 nitrogen and oxygen atoms in total. The number of hydrogen-bond acceptors (Lipinski definition) is 7. The monoisotopic (exact) mass is 529 g/mol. The zero-order valence-electron chi connectivity index (χ0n) is 22.3. The van der Waals surface area contributed by atoms with Gasteiger partial charge in [-0.25, -0.2) is 14.4 Å². The van der Waals surface area contributed by atoms with Crippen LogP contribution in [0.3, 0.4) is 0 Å². The van der Waals surface area contributed by atoms with Gasteiger partial charge in [-0.2, -0.15) is 0 Å². The summed E-state index contributed by atoms with van der Waals surface area (Å²) in [6.45, 7) is 8.48. The van der Waals surface area contributed by atoms with Gasteiger partial charge in [-0.05, 0) is 52.7 Å². The Kier molecular flexibility index (Phi) is 7.79. The number of anilines is 1. The minimum Gasteiger partial charge on any atom is -0.444 e. The summed E-state index contributed by atoms with van der Waals surface area (Å²) in [4.78, 5) is 75.2. The molecule has 3 aliphatic rings. The Balaban J connectivity index is 1.31. The lowest BCUT2D eigenvalue weighted by molar-refractivity contribution is -0.152. The van der Waals surface area contributed by atoms with Crippen LogP contribution in [-0.2, 0) is 19.2 Å². The van der Waals surface area contributed by atoms with E-state index >= 15 is 0 Å². The summed E-state index contributed by atoms with van der Waals surface area (Å²) < 4.78 is 5.37. The zero-order valence-corrected chi connectivity index (χ0v) is 22.3. The molecule has 3 aliphatic heterocycles. The van der Waals surface area contributed by atoms with Crippen molar-refractivity contribution in [3.63, 3.8) is 0 Å². The third-order valence-electron chi connectivity index (χ3n) is 6.86. The number of nitrogens with zero attached hydrogens (tertiary/aromatic N) is 5. The molecule has 1 aromatic rings. The Bertz CT molecular complexity index is 1080. The number of piperazine rings is 1. The maximum atomic E-state index is 13.1. The molecular weight excluding hydrogens is 494 g/mol. The van der Waals surface area contributed by atoms with Crippen LogP contribution in [0.25, 0.3) is 0 Å². The van der Waals surface area contributed by atoms with Crippen molar-refractivity contribution in [3.05, 3.63) is 30.3 Å². The van der Waals surface area contributed by atoms with Crippen LogP contribution in [0, 0.1) is 5.92 Å². The van der Waals surface area contributed by atoms with E-state index in [0.29, 0.717) is 24.4 Å². The molecule has 1 unspecified atom stereocenters. The predicted octanol–water partition coefficient (Wildman–Crippen LogP) is 2.69. The van der Waals surface area contributed by atoms with Gasteiger partial charge in [0.15, 0.2) is 0 Å². The van der Waals surface area contributed by atoms with Crippen molar-refractivity contribution in [2.24, 2.45) is 5.92 Å². The third kappa shape index (κ3) is 5.68. The average Bonchev–Trinajstić information content (AvgIpc) is 3.13. The smallest absolute Gasteiger partial charge is 0.434 e. The summed E-state index contributed by atoms with van der Waals surface area (Å²) in [6, 6.07) is 7.75. The number of fused-ring (bicyclic) bond motifs is 1. The minimum atomic E-state index is -0.946. The highest BCUT2D eigenvalue weighted by molar-refractivity contribution is 6.04. The van der Waals surface area contributed by atoms with Crippen LogP contribution in [0.5, 0.6) is 0 Å². The number of rotatable bonds is 4. The topological polar surface area (TPSA) is 120 Å². The first-order valence-electron chi connectivity index (χ1n) is 13.0. The van der Waals surface area contributed by atoms with Crippen LogP contribution in [0.2, 0.25) is 0 Å². The van der Waals surface area contributed by atoms with Crippen molar-refractivity contribution in [2.75, 3.05) is 44.2 Å². The van der Waals surface area contributed by atoms with E-state index in [4.69, 9.17) is 9.57 Å². The van der Waals surface area contributed by atoms with E-state index < -0.39 is 35.8 Å². The lowest BCUT2D eigenvalue weighted by Crippen LogP contribution is -2.55. The van der Waals surface area contributed by atoms with Crippen molar-refractivity contribution in [1.29, 1.82) is 0 Å². The summed E-state index contributed by atoms with van der Waals surface area (Å²) in [5, 5.41) is 0.483. The molecular formula is C26H35N5O7. The van der Waals surface area contributed by atoms with Crippen LogP contribution >= 0.6 is 0 Å². The van der Waals surface area contributed by atoms with E-state index in [-0.39, 0.29) is 44.5 Å². The summed E-state index contributed by atoms with van der Waals surface area (Å²) in [7, 11) is 0. The second kappa shape index (κ2) is 10.9. The van der Waals surface area contributed by atoms with Crippen molar-refractivity contribution in [2.45, 2.75) is 52.2 Å². The van der Waals surface area contributed by atoms with Crippen LogP contribution < -0.4 is 4.90 Å². The maximum absolute atomic E-state index is 13.1. The van der Waals surface area contributed by atoms with Crippen LogP contribution in [-0.4, -0.2) is 101 Å². The minimum absolute atomic E-state index is 0.00281. The number of likely N-dealkylation sites (tertiary alicyclic amines) is 1. The van der Waals surface area contributed by atoms with Crippen molar-refractivity contribution in [1.82, 2.24) is 19.8 Å². The Labute approximate surface area is 222 Å². The molecule has 3 saturated heterocycles. The number of ether oxygens (including phenoxy) is 1. The molecule has 206 valence electrons. The predicted molar refractivity (Wildman–Crippen MR) is 136 cm³/mol. The van der Waals surface area contributed by atoms with Gasteiger partial charge < -0.3 is 29.2 Å². The number of piperidine rings is 1. The molecule has 0 N–H and O–H groups in total. The zero-order chi connectivity index (χ0) is 27.6. The van der Waals surface area contributed by atoms with E-state index in [1.54, 1.807) is 25.7 Å². The second-order valence-corrected chi connectivity index (χ2v) is 10.6. The number of hydrogen-bond donors (Lipinski definition) is 0. The highest BCUT2D eigenvalue weighted by atomic mass is 16.7. The highest BCUT2D eigenvalue weighted by Crippen LogP contribution is 2.26. The molecule has 0 radical (unpaired) electrons. The van der Waals surface area contributed by atoms with Gasteiger partial charge in [-0.15, -0.1) is 0 Å². The summed E-state index contributed by atoms with van der Waals surface area (Å²) >= 11 is 0.